The minimum Gasteiger partial charge on any atom is -0.421 e. The van der Waals surface area contributed by atoms with Crippen molar-refractivity contribution < 1.29 is 36.9 Å². The van der Waals surface area contributed by atoms with Gasteiger partial charge in [0.25, 0.3) is 5.91 Å². The van der Waals surface area contributed by atoms with E-state index in [1.165, 1.54) is 16.9 Å². The average Bonchev–Trinajstić information content (AvgIpc) is 3.17. The molecule has 4 rings (SSSR count). The van der Waals surface area contributed by atoms with Crippen LogP contribution in [0.15, 0.2) is 42.7 Å². The van der Waals surface area contributed by atoms with E-state index in [1.54, 1.807) is 25.4 Å². The molecule has 0 saturated carbocycles. The Morgan fingerprint density at radius 1 is 1.09 bits per heavy atom. The summed E-state index contributed by atoms with van der Waals surface area (Å²) in [7, 11) is 1.62. The highest BCUT2D eigenvalue weighted by atomic mass is 19.3. The van der Waals surface area contributed by atoms with E-state index in [0.29, 0.717) is 24.7 Å². The Kier molecular flexibility index (Phi) is 6.39. The van der Waals surface area contributed by atoms with Gasteiger partial charge in [0, 0.05) is 38.1 Å². The van der Waals surface area contributed by atoms with Crippen molar-refractivity contribution in [2.45, 2.75) is 18.8 Å². The van der Waals surface area contributed by atoms with Crippen LogP contribution in [-0.4, -0.2) is 51.1 Å². The number of fused-ring (bicyclic) bond motifs is 1. The lowest BCUT2D eigenvalue weighted by atomic mass is 10.2. The maximum Gasteiger partial charge on any atom is 0.507 e. The number of carbonyl (C=O) groups is 1. The molecule has 0 saturated heterocycles. The lowest BCUT2D eigenvalue weighted by Crippen LogP contribution is -2.52. The third-order valence-electron chi connectivity index (χ3n) is 4.90. The standard InChI is InChI=1S/C21H20F4N6O4/c1-31-18(28-10-12-4-5-26-17(8-12)27-6-7-32)14(11-29-31)19(33)30-13-2-3-15-16(9-13)35-21(24,25)20(22,23)34-15/h2-5,8-9,11,28,32H,6-7,10H2,1H3,(H,26,27)(H,30,33). The molecule has 0 bridgehead atoms. The van der Waals surface area contributed by atoms with E-state index in [2.05, 4.69) is 35.5 Å². The van der Waals surface area contributed by atoms with Gasteiger partial charge in [-0.2, -0.15) is 22.7 Å². The molecule has 1 aromatic carbocycles. The van der Waals surface area contributed by atoms with Crippen molar-refractivity contribution in [1.29, 1.82) is 0 Å². The summed E-state index contributed by atoms with van der Waals surface area (Å²) in [6.45, 7) is 0.606. The molecule has 2 aromatic heterocycles. The lowest BCUT2D eigenvalue weighted by molar-refractivity contribution is -0.391. The van der Waals surface area contributed by atoms with Crippen LogP contribution in [0.25, 0.3) is 0 Å². The van der Waals surface area contributed by atoms with Crippen LogP contribution in [0.4, 0.5) is 34.9 Å². The predicted octanol–water partition coefficient (Wildman–Crippen LogP) is 3.04. The van der Waals surface area contributed by atoms with Crippen molar-refractivity contribution in [2.24, 2.45) is 7.05 Å². The maximum absolute atomic E-state index is 13.5. The van der Waals surface area contributed by atoms with Gasteiger partial charge in [-0.15, -0.1) is 0 Å². The van der Waals surface area contributed by atoms with Gasteiger partial charge in [0.2, 0.25) is 0 Å². The summed E-state index contributed by atoms with van der Waals surface area (Å²) in [5.41, 5.74) is 0.992. The third-order valence-corrected chi connectivity index (χ3v) is 4.90. The van der Waals surface area contributed by atoms with Crippen molar-refractivity contribution in [2.75, 3.05) is 29.1 Å². The van der Waals surface area contributed by atoms with E-state index < -0.39 is 29.6 Å². The minimum absolute atomic E-state index is 0.0157. The molecule has 186 valence electrons. The van der Waals surface area contributed by atoms with Crippen LogP contribution in [0.1, 0.15) is 15.9 Å². The number of rotatable bonds is 8. The second-order valence-corrected chi connectivity index (χ2v) is 7.44. The molecule has 0 aliphatic carbocycles. The number of pyridine rings is 1. The fraction of sp³-hybridized carbons (Fsp3) is 0.286. The number of halogens is 4. The summed E-state index contributed by atoms with van der Waals surface area (Å²) < 4.78 is 63.1. The number of aliphatic hydroxyl groups excluding tert-OH is 1. The van der Waals surface area contributed by atoms with Gasteiger partial charge in [0.1, 0.15) is 17.2 Å². The van der Waals surface area contributed by atoms with E-state index in [-0.39, 0.29) is 17.9 Å². The summed E-state index contributed by atoms with van der Waals surface area (Å²) in [4.78, 5) is 17.0. The summed E-state index contributed by atoms with van der Waals surface area (Å²) in [6, 6.07) is 6.69. The smallest absolute Gasteiger partial charge is 0.421 e. The predicted molar refractivity (Wildman–Crippen MR) is 116 cm³/mol. The molecule has 0 radical (unpaired) electrons. The van der Waals surface area contributed by atoms with E-state index in [4.69, 9.17) is 5.11 Å². The van der Waals surface area contributed by atoms with Gasteiger partial charge < -0.3 is 30.5 Å². The van der Waals surface area contributed by atoms with Gasteiger partial charge in [-0.25, -0.2) is 4.98 Å². The van der Waals surface area contributed by atoms with Crippen LogP contribution in [0.5, 0.6) is 11.5 Å². The second kappa shape index (κ2) is 9.29. The quantitative estimate of drug-likeness (QED) is 0.351. The number of ether oxygens (including phenoxy) is 2. The third kappa shape index (κ3) is 5.06. The number of nitrogens with zero attached hydrogens (tertiary/aromatic N) is 3. The first-order valence-electron chi connectivity index (χ1n) is 10.2. The van der Waals surface area contributed by atoms with Crippen molar-refractivity contribution in [3.63, 3.8) is 0 Å². The van der Waals surface area contributed by atoms with Gasteiger partial charge in [-0.05, 0) is 29.8 Å². The lowest BCUT2D eigenvalue weighted by Gasteiger charge is -2.31. The molecule has 0 fully saturated rings. The first kappa shape index (κ1) is 24.1. The Hall–Kier alpha value is -4.07. The molecular formula is C21H20F4N6O4. The Morgan fingerprint density at radius 2 is 1.83 bits per heavy atom. The van der Waals surface area contributed by atoms with Crippen molar-refractivity contribution in [3.05, 3.63) is 53.9 Å². The first-order chi connectivity index (χ1) is 16.6. The molecular weight excluding hydrogens is 476 g/mol. The normalized spacial score (nSPS) is 15.4. The van der Waals surface area contributed by atoms with E-state index in [1.807, 2.05) is 0 Å². The highest BCUT2D eigenvalue weighted by Crippen LogP contribution is 2.47. The molecule has 35 heavy (non-hydrogen) atoms. The number of benzene rings is 1. The first-order valence-corrected chi connectivity index (χ1v) is 10.2. The molecule has 10 nitrogen and oxygen atoms in total. The fourth-order valence-corrected chi connectivity index (χ4v) is 3.21. The topological polar surface area (TPSA) is 123 Å². The molecule has 4 N–H and O–H groups in total. The summed E-state index contributed by atoms with van der Waals surface area (Å²) in [5, 5.41) is 21.5. The molecule has 3 heterocycles. The maximum atomic E-state index is 13.5. The van der Waals surface area contributed by atoms with Crippen molar-refractivity contribution in [1.82, 2.24) is 14.8 Å². The fourth-order valence-electron chi connectivity index (χ4n) is 3.21. The Bertz CT molecular complexity index is 1240. The van der Waals surface area contributed by atoms with Gasteiger partial charge in [0.15, 0.2) is 11.5 Å². The number of nitrogens with one attached hydrogen (secondary N) is 3. The molecule has 1 aliphatic heterocycles. The van der Waals surface area contributed by atoms with Gasteiger partial charge >= 0.3 is 12.2 Å². The number of hydrogen-bond acceptors (Lipinski definition) is 8. The number of aromatic nitrogens is 3. The van der Waals surface area contributed by atoms with Crippen LogP contribution in [0.3, 0.4) is 0 Å². The van der Waals surface area contributed by atoms with Crippen LogP contribution in [0.2, 0.25) is 0 Å². The van der Waals surface area contributed by atoms with Crippen molar-refractivity contribution >= 4 is 23.2 Å². The average molecular weight is 496 g/mol. The molecule has 0 unspecified atom stereocenters. The number of anilines is 3. The number of aliphatic hydroxyl groups is 1. The molecule has 0 atom stereocenters. The molecule has 1 aliphatic rings. The number of alkyl halides is 4. The molecule has 1 amide bonds. The van der Waals surface area contributed by atoms with Crippen molar-refractivity contribution in [3.8, 4) is 11.5 Å². The highest BCUT2D eigenvalue weighted by molar-refractivity contribution is 6.07. The van der Waals surface area contributed by atoms with Crippen LogP contribution in [0, 0.1) is 0 Å². The van der Waals surface area contributed by atoms with Crippen LogP contribution >= 0.6 is 0 Å². The number of hydrogen-bond donors (Lipinski definition) is 4. The number of aryl methyl sites for hydroxylation is 1. The van der Waals surface area contributed by atoms with E-state index in [9.17, 15) is 22.4 Å². The largest absolute Gasteiger partial charge is 0.507 e. The zero-order chi connectivity index (χ0) is 25.2. The van der Waals surface area contributed by atoms with Gasteiger partial charge in [-0.3, -0.25) is 9.48 Å². The monoisotopic (exact) mass is 496 g/mol. The summed E-state index contributed by atoms with van der Waals surface area (Å²) >= 11 is 0. The van der Waals surface area contributed by atoms with Gasteiger partial charge in [0.05, 0.1) is 12.8 Å². The Labute approximate surface area is 195 Å². The number of amides is 1. The Morgan fingerprint density at radius 3 is 2.57 bits per heavy atom. The number of carbonyl (C=O) groups excluding carboxylic acids is 1. The SMILES string of the molecule is Cn1ncc(C(=O)Nc2ccc3c(c2)OC(F)(F)C(F)(F)O3)c1NCc1ccnc(NCCO)c1. The highest BCUT2D eigenvalue weighted by Gasteiger charge is 2.65. The second-order valence-electron chi connectivity index (χ2n) is 7.44. The zero-order valence-electron chi connectivity index (χ0n) is 18.2. The summed E-state index contributed by atoms with van der Waals surface area (Å²) in [6.07, 6.45) is -6.80. The van der Waals surface area contributed by atoms with Crippen LogP contribution in [-0.2, 0) is 13.6 Å². The zero-order valence-corrected chi connectivity index (χ0v) is 18.2. The van der Waals surface area contributed by atoms with Gasteiger partial charge in [-0.1, -0.05) is 0 Å². The molecule has 14 heteroatoms. The van der Waals surface area contributed by atoms with E-state index >= 15 is 0 Å². The summed E-state index contributed by atoms with van der Waals surface area (Å²) in [5.74, 6) is -0.926. The van der Waals surface area contributed by atoms with E-state index in [0.717, 1.165) is 17.7 Å². The van der Waals surface area contributed by atoms with Crippen LogP contribution < -0.4 is 25.4 Å². The Balaban J connectivity index is 1.46. The molecule has 0 spiro atoms. The molecule has 3 aromatic rings. The minimum atomic E-state index is -4.87.